The molecule has 0 aromatic carbocycles. The Labute approximate surface area is 91.9 Å². The van der Waals surface area contributed by atoms with Crippen molar-refractivity contribution in [3.8, 4) is 0 Å². The van der Waals surface area contributed by atoms with E-state index >= 15 is 0 Å². The molecule has 0 aliphatic heterocycles. The van der Waals surface area contributed by atoms with Gasteiger partial charge in [-0.15, -0.1) is 0 Å². The van der Waals surface area contributed by atoms with Gasteiger partial charge in [0, 0.05) is 10.8 Å². The molecule has 0 unspecified atom stereocenters. The van der Waals surface area contributed by atoms with Gasteiger partial charge in [-0.2, -0.15) is 0 Å². The Kier molecular flexibility index (Phi) is 1.76. The van der Waals surface area contributed by atoms with Crippen LogP contribution in [0.25, 0.3) is 0 Å². The van der Waals surface area contributed by atoms with Crippen LogP contribution in [-0.4, -0.2) is 5.78 Å². The topological polar surface area (TPSA) is 17.1 Å². The van der Waals surface area contributed by atoms with Crippen LogP contribution in [0.3, 0.4) is 0 Å². The number of hydrogen-bond donors (Lipinski definition) is 0. The highest BCUT2D eigenvalue weighted by Gasteiger charge is 2.62. The Morgan fingerprint density at radius 1 is 1.47 bits per heavy atom. The minimum atomic E-state index is -0.0327. The van der Waals surface area contributed by atoms with Crippen LogP contribution < -0.4 is 0 Å². The molecular weight excluding hydrogens is 184 g/mol. The number of ketones is 1. The van der Waals surface area contributed by atoms with Crippen LogP contribution in [0, 0.1) is 22.7 Å². The summed E-state index contributed by atoms with van der Waals surface area (Å²) >= 11 is 0. The maximum Gasteiger partial charge on any atom is 0.146 e. The van der Waals surface area contributed by atoms with Gasteiger partial charge in [0.1, 0.15) is 5.78 Å². The molecule has 15 heavy (non-hydrogen) atoms. The van der Waals surface area contributed by atoms with Crippen LogP contribution in [0.4, 0.5) is 0 Å². The fraction of sp³-hybridized carbons (Fsp3) is 0.786. The van der Waals surface area contributed by atoms with Gasteiger partial charge < -0.3 is 0 Å². The Morgan fingerprint density at radius 2 is 2.27 bits per heavy atom. The zero-order chi connectivity index (χ0) is 10.7. The Bertz CT molecular complexity index is 343. The summed E-state index contributed by atoms with van der Waals surface area (Å²) in [6, 6.07) is 0. The summed E-state index contributed by atoms with van der Waals surface area (Å²) in [5.74, 6) is 1.76. The van der Waals surface area contributed by atoms with E-state index in [1.165, 1.54) is 12.8 Å². The van der Waals surface area contributed by atoms with Crippen molar-refractivity contribution in [2.24, 2.45) is 22.7 Å². The van der Waals surface area contributed by atoms with Crippen molar-refractivity contribution >= 4 is 5.78 Å². The SMILES string of the molecule is C[C@H]1C[C@]2(C)CC=C[C@H]3CCC[C@]13C2=O. The maximum absolute atomic E-state index is 12.7. The van der Waals surface area contributed by atoms with Crippen molar-refractivity contribution in [1.82, 2.24) is 0 Å². The summed E-state index contributed by atoms with van der Waals surface area (Å²) in [5, 5.41) is 0. The Morgan fingerprint density at radius 3 is 3.07 bits per heavy atom. The van der Waals surface area contributed by atoms with E-state index < -0.39 is 0 Å². The molecule has 82 valence electrons. The Hall–Kier alpha value is -0.590. The molecule has 4 atom stereocenters. The molecule has 0 N–H and O–H groups in total. The molecule has 3 aliphatic carbocycles. The molecule has 3 aliphatic rings. The molecule has 0 aromatic rings. The highest BCUT2D eigenvalue weighted by atomic mass is 16.1. The van der Waals surface area contributed by atoms with Crippen LogP contribution in [0.1, 0.15) is 46.0 Å². The van der Waals surface area contributed by atoms with Gasteiger partial charge in [-0.1, -0.05) is 32.4 Å². The van der Waals surface area contributed by atoms with Gasteiger partial charge in [-0.25, -0.2) is 0 Å². The van der Waals surface area contributed by atoms with Crippen molar-refractivity contribution in [1.29, 1.82) is 0 Å². The van der Waals surface area contributed by atoms with E-state index in [0.29, 0.717) is 17.6 Å². The van der Waals surface area contributed by atoms with E-state index in [2.05, 4.69) is 26.0 Å². The largest absolute Gasteiger partial charge is 0.298 e. The van der Waals surface area contributed by atoms with Gasteiger partial charge in [0.15, 0.2) is 0 Å². The number of fused-ring (bicyclic) bond motifs is 1. The van der Waals surface area contributed by atoms with Crippen molar-refractivity contribution < 1.29 is 4.79 Å². The van der Waals surface area contributed by atoms with Crippen molar-refractivity contribution in [2.75, 3.05) is 0 Å². The molecular formula is C14H20O. The Balaban J connectivity index is 2.16. The predicted octanol–water partition coefficient (Wildman–Crippen LogP) is 3.35. The van der Waals surface area contributed by atoms with Crippen molar-refractivity contribution in [2.45, 2.75) is 46.0 Å². The molecule has 0 heterocycles. The average molecular weight is 204 g/mol. The van der Waals surface area contributed by atoms with Crippen LogP contribution in [0.15, 0.2) is 12.2 Å². The number of Topliss-reactive ketones (excluding diaryl/α,β-unsaturated/α-hetero) is 1. The monoisotopic (exact) mass is 204 g/mol. The molecule has 0 radical (unpaired) electrons. The summed E-state index contributed by atoms with van der Waals surface area (Å²) in [6.45, 7) is 4.49. The molecule has 1 nitrogen and oxygen atoms in total. The molecule has 2 bridgehead atoms. The van der Waals surface area contributed by atoms with E-state index in [1.54, 1.807) is 0 Å². The third-order valence-electron chi connectivity index (χ3n) is 5.31. The molecule has 2 saturated carbocycles. The lowest BCUT2D eigenvalue weighted by Crippen LogP contribution is -2.37. The standard InChI is InChI=1S/C14H20O/c1-10-9-13(2)7-3-5-11-6-4-8-14(10,11)12(13)15/h3,5,10-11H,4,6-9H2,1-2H3/t10-,11-,13-,14-/m0/s1. The molecule has 2 fully saturated rings. The molecule has 1 spiro atoms. The van der Waals surface area contributed by atoms with Crippen LogP contribution >= 0.6 is 0 Å². The van der Waals surface area contributed by atoms with Gasteiger partial charge in [-0.3, -0.25) is 4.79 Å². The fourth-order valence-electron chi connectivity index (χ4n) is 4.62. The minimum Gasteiger partial charge on any atom is -0.298 e. The lowest BCUT2D eigenvalue weighted by Gasteiger charge is -2.32. The van der Waals surface area contributed by atoms with Gasteiger partial charge in [0.2, 0.25) is 0 Å². The molecule has 0 saturated heterocycles. The van der Waals surface area contributed by atoms with Gasteiger partial charge in [-0.05, 0) is 37.5 Å². The zero-order valence-electron chi connectivity index (χ0n) is 9.75. The normalized spacial score (nSPS) is 53.1. The quantitative estimate of drug-likeness (QED) is 0.553. The first-order chi connectivity index (χ1) is 7.09. The summed E-state index contributed by atoms with van der Waals surface area (Å²) in [4.78, 5) is 12.7. The highest BCUT2D eigenvalue weighted by molar-refractivity contribution is 5.94. The van der Waals surface area contributed by atoms with Gasteiger partial charge >= 0.3 is 0 Å². The van der Waals surface area contributed by atoms with Crippen molar-refractivity contribution in [3.05, 3.63) is 12.2 Å². The van der Waals surface area contributed by atoms with E-state index in [9.17, 15) is 4.79 Å². The zero-order valence-corrected chi connectivity index (χ0v) is 9.75. The number of allylic oxidation sites excluding steroid dienone is 2. The lowest BCUT2D eigenvalue weighted by atomic mass is 9.69. The fourth-order valence-corrected chi connectivity index (χ4v) is 4.62. The number of carbonyl (C=O) groups excluding carboxylic acids is 1. The highest BCUT2D eigenvalue weighted by Crippen LogP contribution is 2.63. The third-order valence-corrected chi connectivity index (χ3v) is 5.31. The molecule has 1 heteroatoms. The van der Waals surface area contributed by atoms with Crippen LogP contribution in [0.5, 0.6) is 0 Å². The molecule has 0 aromatic heterocycles. The summed E-state index contributed by atoms with van der Waals surface area (Å²) < 4.78 is 0. The second-order valence-electron chi connectivity index (χ2n) is 6.17. The number of rotatable bonds is 0. The van der Waals surface area contributed by atoms with E-state index in [-0.39, 0.29) is 10.8 Å². The van der Waals surface area contributed by atoms with E-state index in [1.807, 2.05) is 0 Å². The summed E-state index contributed by atoms with van der Waals surface area (Å²) in [7, 11) is 0. The average Bonchev–Trinajstić information content (AvgIpc) is 2.63. The first-order valence-corrected chi connectivity index (χ1v) is 6.31. The lowest BCUT2D eigenvalue weighted by molar-refractivity contribution is -0.134. The second-order valence-corrected chi connectivity index (χ2v) is 6.17. The summed E-state index contributed by atoms with van der Waals surface area (Å²) in [5.41, 5.74) is 0.0107. The number of hydrogen-bond acceptors (Lipinski definition) is 1. The molecule has 0 amide bonds. The maximum atomic E-state index is 12.7. The predicted molar refractivity (Wildman–Crippen MR) is 60.4 cm³/mol. The van der Waals surface area contributed by atoms with Gasteiger partial charge in [0.25, 0.3) is 0 Å². The van der Waals surface area contributed by atoms with Gasteiger partial charge in [0.05, 0.1) is 0 Å². The molecule has 3 rings (SSSR count). The number of carbonyl (C=O) groups is 1. The summed E-state index contributed by atoms with van der Waals surface area (Å²) in [6.07, 6.45) is 10.4. The van der Waals surface area contributed by atoms with E-state index in [0.717, 1.165) is 19.3 Å². The third kappa shape index (κ3) is 0.971. The van der Waals surface area contributed by atoms with E-state index in [4.69, 9.17) is 0 Å². The van der Waals surface area contributed by atoms with Crippen LogP contribution in [0.2, 0.25) is 0 Å². The minimum absolute atomic E-state index is 0.0327. The van der Waals surface area contributed by atoms with Crippen molar-refractivity contribution in [3.63, 3.8) is 0 Å². The first-order valence-electron chi connectivity index (χ1n) is 6.31. The smallest absolute Gasteiger partial charge is 0.146 e. The second kappa shape index (κ2) is 2.75. The first kappa shape index (κ1) is 9.62. The van der Waals surface area contributed by atoms with Crippen LogP contribution in [-0.2, 0) is 4.79 Å².